The van der Waals surface area contributed by atoms with Gasteiger partial charge in [-0.05, 0) is 31.0 Å². The Labute approximate surface area is 127 Å². The highest BCUT2D eigenvalue weighted by Crippen LogP contribution is 2.28. The van der Waals surface area contributed by atoms with E-state index in [2.05, 4.69) is 5.10 Å². The van der Waals surface area contributed by atoms with Crippen LogP contribution >= 0.6 is 22.9 Å². The number of hydrogen-bond donors (Lipinski definition) is 0. The van der Waals surface area contributed by atoms with E-state index in [0.717, 1.165) is 36.5 Å². The molecule has 1 unspecified atom stereocenters. The zero-order valence-electron chi connectivity index (χ0n) is 11.3. The van der Waals surface area contributed by atoms with Crippen molar-refractivity contribution in [3.8, 4) is 0 Å². The summed E-state index contributed by atoms with van der Waals surface area (Å²) in [5.41, 5.74) is 1.08. The summed E-state index contributed by atoms with van der Waals surface area (Å²) in [6.07, 6.45) is 4.06. The van der Waals surface area contributed by atoms with Gasteiger partial charge in [0.15, 0.2) is 0 Å². The predicted molar refractivity (Wildman–Crippen MR) is 80.4 cm³/mol. The minimum atomic E-state index is 0.0857. The Morgan fingerprint density at radius 1 is 1.45 bits per heavy atom. The number of piperidine rings is 1. The van der Waals surface area contributed by atoms with Crippen LogP contribution < -0.4 is 0 Å². The molecule has 6 heteroatoms. The van der Waals surface area contributed by atoms with Crippen molar-refractivity contribution in [3.05, 3.63) is 39.3 Å². The maximum Gasteiger partial charge on any atom is 0.263 e. The van der Waals surface area contributed by atoms with Gasteiger partial charge in [-0.3, -0.25) is 9.48 Å². The summed E-state index contributed by atoms with van der Waals surface area (Å²) in [6.45, 7) is 1.56. The highest BCUT2D eigenvalue weighted by atomic mass is 35.5. The van der Waals surface area contributed by atoms with Crippen molar-refractivity contribution in [2.75, 3.05) is 13.1 Å². The molecule has 3 rings (SSSR count). The molecule has 0 spiro atoms. The third-order valence-corrected chi connectivity index (χ3v) is 4.86. The van der Waals surface area contributed by atoms with Crippen LogP contribution in [-0.4, -0.2) is 33.7 Å². The smallest absolute Gasteiger partial charge is 0.263 e. The van der Waals surface area contributed by atoms with E-state index in [0.29, 0.717) is 10.3 Å². The molecule has 106 valence electrons. The second kappa shape index (κ2) is 5.58. The molecule has 0 radical (unpaired) electrons. The molecule has 0 bridgehead atoms. The fourth-order valence-electron chi connectivity index (χ4n) is 2.64. The number of carbonyl (C=O) groups is 1. The van der Waals surface area contributed by atoms with E-state index < -0.39 is 0 Å². The molecule has 4 nitrogen and oxygen atoms in total. The zero-order chi connectivity index (χ0) is 14.1. The number of carbonyl (C=O) groups excluding carboxylic acids is 1. The standard InChI is InChI=1S/C14H16ClN3OS/c1-17-8-6-11(16-17)10-3-2-7-18(9-10)14(19)12-4-5-13(15)20-12/h4-6,8,10H,2-3,7,9H2,1H3. The topological polar surface area (TPSA) is 38.1 Å². The monoisotopic (exact) mass is 309 g/mol. The first kappa shape index (κ1) is 13.6. The van der Waals surface area contributed by atoms with Gasteiger partial charge in [0, 0.05) is 32.3 Å². The van der Waals surface area contributed by atoms with Crippen molar-refractivity contribution >= 4 is 28.8 Å². The Morgan fingerprint density at radius 2 is 2.30 bits per heavy atom. The van der Waals surface area contributed by atoms with E-state index >= 15 is 0 Å². The molecule has 1 fully saturated rings. The summed E-state index contributed by atoms with van der Waals surface area (Å²) in [6, 6.07) is 5.63. The van der Waals surface area contributed by atoms with Gasteiger partial charge in [0.05, 0.1) is 14.9 Å². The molecular weight excluding hydrogens is 294 g/mol. The predicted octanol–water partition coefficient (Wildman–Crippen LogP) is 3.15. The average Bonchev–Trinajstić information content (AvgIpc) is 3.07. The first-order valence-corrected chi connectivity index (χ1v) is 7.87. The Bertz CT molecular complexity index is 621. The second-order valence-electron chi connectivity index (χ2n) is 5.11. The molecule has 0 aliphatic carbocycles. The minimum Gasteiger partial charge on any atom is -0.337 e. The molecule has 1 saturated heterocycles. The van der Waals surface area contributed by atoms with Crippen LogP contribution in [0.4, 0.5) is 0 Å². The van der Waals surface area contributed by atoms with E-state index in [-0.39, 0.29) is 5.91 Å². The van der Waals surface area contributed by atoms with Crippen LogP contribution in [0.15, 0.2) is 24.4 Å². The van der Waals surface area contributed by atoms with Gasteiger partial charge in [-0.2, -0.15) is 5.10 Å². The number of rotatable bonds is 2. The lowest BCUT2D eigenvalue weighted by Crippen LogP contribution is -2.38. The second-order valence-corrected chi connectivity index (χ2v) is 6.82. The Kier molecular flexibility index (Phi) is 3.81. The number of thiophene rings is 1. The molecular formula is C14H16ClN3OS. The normalized spacial score (nSPS) is 19.3. The van der Waals surface area contributed by atoms with Crippen LogP contribution in [0.25, 0.3) is 0 Å². The van der Waals surface area contributed by atoms with Crippen molar-refractivity contribution in [1.29, 1.82) is 0 Å². The fourth-order valence-corrected chi connectivity index (χ4v) is 3.65. The molecule has 1 aliphatic heterocycles. The summed E-state index contributed by atoms with van der Waals surface area (Å²) in [5.74, 6) is 0.423. The van der Waals surface area contributed by atoms with Crippen molar-refractivity contribution in [1.82, 2.24) is 14.7 Å². The van der Waals surface area contributed by atoms with Crippen molar-refractivity contribution < 1.29 is 4.79 Å². The van der Waals surface area contributed by atoms with Gasteiger partial charge in [0.25, 0.3) is 5.91 Å². The number of aromatic nitrogens is 2. The van der Waals surface area contributed by atoms with E-state index in [1.807, 2.05) is 28.9 Å². The van der Waals surface area contributed by atoms with Crippen LogP contribution in [0.5, 0.6) is 0 Å². The van der Waals surface area contributed by atoms with Crippen LogP contribution in [0.1, 0.15) is 34.1 Å². The number of aryl methyl sites for hydroxylation is 1. The van der Waals surface area contributed by atoms with Gasteiger partial charge in [-0.15, -0.1) is 11.3 Å². The van der Waals surface area contributed by atoms with Crippen molar-refractivity contribution in [2.45, 2.75) is 18.8 Å². The summed E-state index contributed by atoms with van der Waals surface area (Å²) in [4.78, 5) is 15.1. The van der Waals surface area contributed by atoms with E-state index in [1.165, 1.54) is 11.3 Å². The quantitative estimate of drug-likeness (QED) is 0.854. The number of likely N-dealkylation sites (tertiary alicyclic amines) is 1. The van der Waals surface area contributed by atoms with Gasteiger partial charge in [-0.1, -0.05) is 11.6 Å². The van der Waals surface area contributed by atoms with Gasteiger partial charge in [0.2, 0.25) is 0 Å². The molecule has 2 aromatic heterocycles. The minimum absolute atomic E-state index is 0.0857. The van der Waals surface area contributed by atoms with Gasteiger partial charge >= 0.3 is 0 Å². The lowest BCUT2D eigenvalue weighted by molar-refractivity contribution is 0.0710. The fraction of sp³-hybridized carbons (Fsp3) is 0.429. The number of halogens is 1. The van der Waals surface area contributed by atoms with E-state index in [9.17, 15) is 4.79 Å². The first-order chi connectivity index (χ1) is 9.63. The molecule has 1 aliphatic rings. The van der Waals surface area contributed by atoms with Crippen LogP contribution in [0, 0.1) is 0 Å². The molecule has 0 aromatic carbocycles. The van der Waals surface area contributed by atoms with Crippen LogP contribution in [0.2, 0.25) is 4.34 Å². The summed E-state index contributed by atoms with van der Waals surface area (Å²) in [7, 11) is 1.92. The highest BCUT2D eigenvalue weighted by Gasteiger charge is 2.27. The van der Waals surface area contributed by atoms with Crippen LogP contribution in [0.3, 0.4) is 0 Å². The van der Waals surface area contributed by atoms with Gasteiger partial charge < -0.3 is 4.90 Å². The zero-order valence-corrected chi connectivity index (χ0v) is 12.8. The molecule has 1 atom stereocenters. The van der Waals surface area contributed by atoms with Crippen molar-refractivity contribution in [2.24, 2.45) is 7.05 Å². The Hall–Kier alpha value is -1.33. The molecule has 2 aromatic rings. The Balaban J connectivity index is 1.73. The molecule has 3 heterocycles. The molecule has 1 amide bonds. The third kappa shape index (κ3) is 2.74. The molecule has 0 saturated carbocycles. The lowest BCUT2D eigenvalue weighted by Gasteiger charge is -2.31. The van der Waals surface area contributed by atoms with Crippen LogP contribution in [-0.2, 0) is 7.05 Å². The summed E-state index contributed by atoms with van der Waals surface area (Å²) >= 11 is 7.25. The highest BCUT2D eigenvalue weighted by molar-refractivity contribution is 7.17. The molecule has 20 heavy (non-hydrogen) atoms. The number of nitrogens with zero attached hydrogens (tertiary/aromatic N) is 3. The molecule has 0 N–H and O–H groups in total. The number of hydrogen-bond acceptors (Lipinski definition) is 3. The SMILES string of the molecule is Cn1ccc(C2CCCN(C(=O)c3ccc(Cl)s3)C2)n1. The van der Waals surface area contributed by atoms with Gasteiger partial charge in [-0.25, -0.2) is 0 Å². The first-order valence-electron chi connectivity index (χ1n) is 6.67. The largest absolute Gasteiger partial charge is 0.337 e. The summed E-state index contributed by atoms with van der Waals surface area (Å²) in [5, 5.41) is 4.47. The maximum atomic E-state index is 12.4. The Morgan fingerprint density at radius 3 is 2.95 bits per heavy atom. The average molecular weight is 310 g/mol. The third-order valence-electron chi connectivity index (χ3n) is 3.65. The van der Waals surface area contributed by atoms with E-state index in [1.54, 1.807) is 12.1 Å². The van der Waals surface area contributed by atoms with E-state index in [4.69, 9.17) is 11.6 Å². The van der Waals surface area contributed by atoms with Gasteiger partial charge in [0.1, 0.15) is 0 Å². The maximum absolute atomic E-state index is 12.4. The van der Waals surface area contributed by atoms with Crippen molar-refractivity contribution in [3.63, 3.8) is 0 Å². The summed E-state index contributed by atoms with van der Waals surface area (Å²) < 4.78 is 2.47. The number of amides is 1. The lowest BCUT2D eigenvalue weighted by atomic mass is 9.95.